The number of H-pyrrole nitrogens is 1. The number of nitrogens with zero attached hydrogens (tertiary/aromatic N) is 5. The van der Waals surface area contributed by atoms with Crippen molar-refractivity contribution < 1.29 is 0 Å². The smallest absolute Gasteiger partial charge is 0.254 e. The van der Waals surface area contributed by atoms with Crippen LogP contribution in [0.1, 0.15) is 29.6 Å². The van der Waals surface area contributed by atoms with Gasteiger partial charge in [0, 0.05) is 67.5 Å². The van der Waals surface area contributed by atoms with Crippen LogP contribution in [0.2, 0.25) is 0 Å². The quantitative estimate of drug-likeness (QED) is 0.773. The second-order valence-corrected chi connectivity index (χ2v) is 6.40. The molecule has 0 amide bonds. The molecule has 1 aliphatic rings. The van der Waals surface area contributed by atoms with Crippen LogP contribution in [0.3, 0.4) is 0 Å². The number of hydrogen-bond donors (Lipinski definition) is 1. The molecule has 3 aromatic rings. The van der Waals surface area contributed by atoms with Gasteiger partial charge in [0.1, 0.15) is 11.6 Å². The van der Waals surface area contributed by atoms with Gasteiger partial charge in [0.2, 0.25) is 0 Å². The van der Waals surface area contributed by atoms with Gasteiger partial charge in [-0.05, 0) is 18.6 Å². The highest BCUT2D eigenvalue weighted by Crippen LogP contribution is 2.19. The predicted octanol–water partition coefficient (Wildman–Crippen LogP) is 1.74. The van der Waals surface area contributed by atoms with Gasteiger partial charge >= 0.3 is 0 Å². The van der Waals surface area contributed by atoms with Gasteiger partial charge in [-0.25, -0.2) is 15.0 Å². The van der Waals surface area contributed by atoms with Crippen LogP contribution in [-0.2, 0) is 25.9 Å². The monoisotopic (exact) mass is 348 g/mol. The molecule has 0 saturated carbocycles. The third-order valence-corrected chi connectivity index (χ3v) is 4.59. The topological polar surface area (TPSA) is 87.7 Å². The fourth-order valence-corrected chi connectivity index (χ4v) is 3.18. The first kappa shape index (κ1) is 16.5. The minimum absolute atomic E-state index is 0.0444. The van der Waals surface area contributed by atoms with Crippen molar-refractivity contribution in [1.29, 1.82) is 0 Å². The molecule has 0 aliphatic carbocycles. The zero-order chi connectivity index (χ0) is 17.9. The van der Waals surface area contributed by atoms with E-state index in [0.717, 1.165) is 47.7 Å². The first-order valence-electron chi connectivity index (χ1n) is 8.77. The van der Waals surface area contributed by atoms with Crippen molar-refractivity contribution in [2.45, 2.75) is 32.9 Å². The zero-order valence-electron chi connectivity index (χ0n) is 14.6. The minimum atomic E-state index is -0.0444. The summed E-state index contributed by atoms with van der Waals surface area (Å²) in [5.74, 6) is 1.45. The average molecular weight is 348 g/mol. The second kappa shape index (κ2) is 7.13. The van der Waals surface area contributed by atoms with Gasteiger partial charge in [-0.2, -0.15) is 0 Å². The highest BCUT2D eigenvalue weighted by Gasteiger charge is 2.21. The Hall–Kier alpha value is -2.93. The lowest BCUT2D eigenvalue weighted by atomic mass is 10.1. The van der Waals surface area contributed by atoms with E-state index in [-0.39, 0.29) is 5.56 Å². The van der Waals surface area contributed by atoms with Crippen molar-refractivity contribution in [2.75, 3.05) is 6.54 Å². The Kier molecular flexibility index (Phi) is 4.53. The fourth-order valence-electron chi connectivity index (χ4n) is 3.18. The van der Waals surface area contributed by atoms with E-state index in [9.17, 15) is 4.79 Å². The van der Waals surface area contributed by atoms with Gasteiger partial charge in [-0.15, -0.1) is 0 Å². The summed E-state index contributed by atoms with van der Waals surface area (Å²) in [5.41, 5.74) is 3.53. The number of pyridine rings is 1. The summed E-state index contributed by atoms with van der Waals surface area (Å²) in [7, 11) is 0. The van der Waals surface area contributed by atoms with Gasteiger partial charge in [0.05, 0.1) is 5.69 Å². The summed E-state index contributed by atoms with van der Waals surface area (Å²) in [5, 5.41) is 0. The minimum Gasteiger partial charge on any atom is -0.306 e. The van der Waals surface area contributed by atoms with Gasteiger partial charge in [-0.3, -0.25) is 14.7 Å². The van der Waals surface area contributed by atoms with Crippen molar-refractivity contribution in [3.8, 4) is 11.4 Å². The molecule has 0 saturated heterocycles. The van der Waals surface area contributed by atoms with E-state index < -0.39 is 0 Å². The van der Waals surface area contributed by atoms with Crippen molar-refractivity contribution in [3.63, 3.8) is 0 Å². The predicted molar refractivity (Wildman–Crippen MR) is 97.3 cm³/mol. The molecule has 4 rings (SSSR count). The summed E-state index contributed by atoms with van der Waals surface area (Å²) in [4.78, 5) is 35.1. The van der Waals surface area contributed by atoms with Crippen LogP contribution in [0, 0.1) is 0 Å². The third-order valence-electron chi connectivity index (χ3n) is 4.59. The summed E-state index contributed by atoms with van der Waals surface area (Å²) >= 11 is 0. The second-order valence-electron chi connectivity index (χ2n) is 6.40. The molecule has 1 N–H and O–H groups in total. The Balaban J connectivity index is 1.57. The normalized spacial score (nSPS) is 14.2. The molecule has 0 spiro atoms. The SMILES string of the molecule is CCc1ncc(CN2CCc3c(nc(-c4ccncc4)[nH]c3=O)C2)cn1. The molecule has 4 heterocycles. The molecule has 1 aliphatic heterocycles. The van der Waals surface area contributed by atoms with Crippen LogP contribution < -0.4 is 5.56 Å². The van der Waals surface area contributed by atoms with E-state index in [1.807, 2.05) is 31.5 Å². The van der Waals surface area contributed by atoms with E-state index in [0.29, 0.717) is 18.8 Å². The number of aromatic amines is 1. The summed E-state index contributed by atoms with van der Waals surface area (Å²) in [6, 6.07) is 3.69. The zero-order valence-corrected chi connectivity index (χ0v) is 14.6. The number of hydrogen-bond acceptors (Lipinski definition) is 6. The summed E-state index contributed by atoms with van der Waals surface area (Å²) in [6.07, 6.45) is 8.69. The summed E-state index contributed by atoms with van der Waals surface area (Å²) in [6.45, 7) is 4.26. The standard InChI is InChI=1S/C19H20N6O/c1-2-17-21-9-13(10-22-17)11-25-8-5-15-16(12-25)23-18(24-19(15)26)14-3-6-20-7-4-14/h3-4,6-7,9-10H,2,5,8,11-12H2,1H3,(H,23,24,26). The highest BCUT2D eigenvalue weighted by molar-refractivity contribution is 5.54. The Morgan fingerprint density at radius 2 is 1.96 bits per heavy atom. The molecule has 0 radical (unpaired) electrons. The van der Waals surface area contributed by atoms with Crippen molar-refractivity contribution in [3.05, 3.63) is 69.9 Å². The Bertz CT molecular complexity index is 952. The Labute approximate surface area is 151 Å². The van der Waals surface area contributed by atoms with Crippen LogP contribution in [0.25, 0.3) is 11.4 Å². The molecule has 132 valence electrons. The lowest BCUT2D eigenvalue weighted by Gasteiger charge is -2.27. The highest BCUT2D eigenvalue weighted by atomic mass is 16.1. The van der Waals surface area contributed by atoms with E-state index in [4.69, 9.17) is 4.98 Å². The molecule has 7 nitrogen and oxygen atoms in total. The van der Waals surface area contributed by atoms with Gasteiger partial charge in [0.25, 0.3) is 5.56 Å². The first-order valence-corrected chi connectivity index (χ1v) is 8.77. The molecule has 26 heavy (non-hydrogen) atoms. The Morgan fingerprint density at radius 1 is 1.19 bits per heavy atom. The van der Waals surface area contributed by atoms with Crippen LogP contribution >= 0.6 is 0 Å². The first-order chi connectivity index (χ1) is 12.7. The molecule has 3 aromatic heterocycles. The molecule has 0 atom stereocenters. The van der Waals surface area contributed by atoms with E-state index in [1.54, 1.807) is 12.4 Å². The number of fused-ring (bicyclic) bond motifs is 1. The van der Waals surface area contributed by atoms with Gasteiger partial charge in [0.15, 0.2) is 0 Å². The fraction of sp³-hybridized carbons (Fsp3) is 0.316. The average Bonchev–Trinajstić information content (AvgIpc) is 2.69. The maximum atomic E-state index is 12.4. The van der Waals surface area contributed by atoms with Crippen molar-refractivity contribution >= 4 is 0 Å². The van der Waals surface area contributed by atoms with E-state index in [1.165, 1.54) is 0 Å². The molecule has 7 heteroatoms. The van der Waals surface area contributed by atoms with Crippen molar-refractivity contribution in [1.82, 2.24) is 29.8 Å². The van der Waals surface area contributed by atoms with Crippen molar-refractivity contribution in [2.24, 2.45) is 0 Å². The molecular formula is C19H20N6O. The Morgan fingerprint density at radius 3 is 2.69 bits per heavy atom. The van der Waals surface area contributed by atoms with Crippen LogP contribution in [0.4, 0.5) is 0 Å². The van der Waals surface area contributed by atoms with Crippen LogP contribution in [0.5, 0.6) is 0 Å². The van der Waals surface area contributed by atoms with E-state index >= 15 is 0 Å². The van der Waals surface area contributed by atoms with Gasteiger partial charge < -0.3 is 4.98 Å². The molecule has 0 bridgehead atoms. The van der Waals surface area contributed by atoms with Crippen LogP contribution in [-0.4, -0.2) is 36.4 Å². The molecule has 0 aromatic carbocycles. The number of rotatable bonds is 4. The maximum Gasteiger partial charge on any atom is 0.254 e. The number of aromatic nitrogens is 5. The maximum absolute atomic E-state index is 12.4. The van der Waals surface area contributed by atoms with E-state index in [2.05, 4.69) is 24.8 Å². The lowest BCUT2D eigenvalue weighted by molar-refractivity contribution is 0.240. The molecular weight excluding hydrogens is 328 g/mol. The molecule has 0 fully saturated rings. The summed E-state index contributed by atoms with van der Waals surface area (Å²) < 4.78 is 0. The third kappa shape index (κ3) is 3.39. The number of aryl methyl sites for hydroxylation is 1. The lowest BCUT2D eigenvalue weighted by Crippen LogP contribution is -2.35. The van der Waals surface area contributed by atoms with Gasteiger partial charge in [-0.1, -0.05) is 6.92 Å². The van der Waals surface area contributed by atoms with Crippen LogP contribution in [0.15, 0.2) is 41.7 Å². The molecule has 0 unspecified atom stereocenters. The largest absolute Gasteiger partial charge is 0.306 e. The number of nitrogens with one attached hydrogen (secondary N) is 1.